The number of hydrogen-bond acceptors (Lipinski definition) is 7. The minimum absolute atomic E-state index is 0.196. The van der Waals surface area contributed by atoms with Crippen molar-refractivity contribution in [1.29, 1.82) is 0 Å². The maximum absolute atomic E-state index is 14.3. The highest BCUT2D eigenvalue weighted by Crippen LogP contribution is 2.36. The van der Waals surface area contributed by atoms with Gasteiger partial charge in [-0.15, -0.1) is 0 Å². The zero-order chi connectivity index (χ0) is 29.4. The van der Waals surface area contributed by atoms with E-state index in [0.29, 0.717) is 37.7 Å². The van der Waals surface area contributed by atoms with Crippen molar-refractivity contribution in [1.82, 2.24) is 9.55 Å². The molecular weight excluding hydrogens is 550 g/mol. The van der Waals surface area contributed by atoms with Crippen molar-refractivity contribution in [3.8, 4) is 22.8 Å². The molecule has 0 unspecified atom stereocenters. The summed E-state index contributed by atoms with van der Waals surface area (Å²) in [6.07, 6.45) is 1.92. The molecule has 42 heavy (non-hydrogen) atoms. The van der Waals surface area contributed by atoms with Gasteiger partial charge >= 0.3 is 5.97 Å². The number of carbonyl (C=O) groups is 1. The number of H-pyrrole nitrogens is 1. The number of allylic oxidation sites excluding steroid dienone is 1. The number of fused-ring (bicyclic) bond motifs is 2. The van der Waals surface area contributed by atoms with Crippen LogP contribution < -0.4 is 24.4 Å². The second-order valence-corrected chi connectivity index (χ2v) is 10.8. The van der Waals surface area contributed by atoms with E-state index >= 15 is 0 Å². The van der Waals surface area contributed by atoms with Crippen LogP contribution in [-0.4, -0.2) is 36.3 Å². The summed E-state index contributed by atoms with van der Waals surface area (Å²) in [6, 6.07) is 22.7. The molecule has 3 heterocycles. The molecule has 1 aliphatic rings. The number of ether oxygens (including phenoxy) is 3. The number of methoxy groups -OCH3 is 2. The highest BCUT2D eigenvalue weighted by molar-refractivity contribution is 7.07. The van der Waals surface area contributed by atoms with Gasteiger partial charge in [-0.3, -0.25) is 9.36 Å². The average molecular weight is 580 g/mol. The summed E-state index contributed by atoms with van der Waals surface area (Å²) < 4.78 is 18.5. The van der Waals surface area contributed by atoms with Gasteiger partial charge in [0.15, 0.2) is 16.3 Å². The van der Waals surface area contributed by atoms with Crippen LogP contribution in [0.25, 0.3) is 28.2 Å². The van der Waals surface area contributed by atoms with Crippen LogP contribution in [0.4, 0.5) is 0 Å². The van der Waals surface area contributed by atoms with Crippen molar-refractivity contribution in [2.75, 3.05) is 20.8 Å². The Bertz CT molecular complexity index is 2040. The van der Waals surface area contributed by atoms with Crippen LogP contribution in [0.5, 0.6) is 11.5 Å². The summed E-state index contributed by atoms with van der Waals surface area (Å²) in [5.41, 5.74) is 5.04. The van der Waals surface area contributed by atoms with Crippen molar-refractivity contribution < 1.29 is 19.0 Å². The van der Waals surface area contributed by atoms with E-state index in [0.717, 1.165) is 27.7 Å². The number of thiazole rings is 1. The molecule has 0 radical (unpaired) electrons. The van der Waals surface area contributed by atoms with E-state index in [9.17, 15) is 9.59 Å². The topological polar surface area (TPSA) is 94.9 Å². The lowest BCUT2D eigenvalue weighted by atomic mass is 9.95. The zero-order valence-corrected chi connectivity index (χ0v) is 24.5. The van der Waals surface area contributed by atoms with Gasteiger partial charge in [0.25, 0.3) is 5.56 Å². The fraction of sp³-hybridized carbons (Fsp3) is 0.182. The van der Waals surface area contributed by atoms with Gasteiger partial charge in [0.05, 0.1) is 48.4 Å². The maximum atomic E-state index is 14.3. The highest BCUT2D eigenvalue weighted by Gasteiger charge is 2.34. The fourth-order valence-corrected chi connectivity index (χ4v) is 6.44. The van der Waals surface area contributed by atoms with Gasteiger partial charge in [-0.25, -0.2) is 9.79 Å². The summed E-state index contributed by atoms with van der Waals surface area (Å²) in [6.45, 7) is 3.71. The Balaban J connectivity index is 1.61. The lowest BCUT2D eigenvalue weighted by molar-refractivity contribution is -0.139. The van der Waals surface area contributed by atoms with E-state index in [2.05, 4.69) is 4.98 Å². The first-order valence-electron chi connectivity index (χ1n) is 13.5. The molecule has 1 N–H and O–H groups in total. The van der Waals surface area contributed by atoms with E-state index in [-0.39, 0.29) is 12.2 Å². The summed E-state index contributed by atoms with van der Waals surface area (Å²) in [5, 5.41) is 1.00. The van der Waals surface area contributed by atoms with E-state index in [4.69, 9.17) is 19.2 Å². The normalized spacial score (nSPS) is 15.0. The third-order valence-electron chi connectivity index (χ3n) is 7.32. The number of carbonyl (C=O) groups excluding carboxylic acids is 1. The smallest absolute Gasteiger partial charge is 0.338 e. The minimum atomic E-state index is -0.765. The predicted octanol–water partition coefficient (Wildman–Crippen LogP) is 4.96. The molecule has 0 amide bonds. The molecule has 0 bridgehead atoms. The van der Waals surface area contributed by atoms with Crippen LogP contribution in [-0.2, 0) is 9.53 Å². The fourth-order valence-electron chi connectivity index (χ4n) is 5.41. The number of nitrogens with one attached hydrogen (secondary N) is 1. The lowest BCUT2D eigenvalue weighted by Gasteiger charge is -2.25. The number of benzene rings is 3. The van der Waals surface area contributed by atoms with Crippen LogP contribution >= 0.6 is 11.3 Å². The third-order valence-corrected chi connectivity index (χ3v) is 8.31. The molecule has 6 rings (SSSR count). The molecule has 0 saturated carbocycles. The number of esters is 1. The summed E-state index contributed by atoms with van der Waals surface area (Å²) in [7, 11) is 3.11. The molecule has 5 aromatic rings. The Morgan fingerprint density at radius 2 is 1.76 bits per heavy atom. The van der Waals surface area contributed by atoms with Crippen molar-refractivity contribution in [3.63, 3.8) is 0 Å². The minimum Gasteiger partial charge on any atom is -0.493 e. The van der Waals surface area contributed by atoms with Crippen molar-refractivity contribution >= 4 is 34.3 Å². The zero-order valence-electron chi connectivity index (χ0n) is 23.6. The van der Waals surface area contributed by atoms with E-state index in [1.54, 1.807) is 44.8 Å². The van der Waals surface area contributed by atoms with Crippen LogP contribution in [0.1, 0.15) is 31.0 Å². The van der Waals surface area contributed by atoms with E-state index in [1.165, 1.54) is 11.3 Å². The number of aromatic amines is 1. The Kier molecular flexibility index (Phi) is 7.26. The summed E-state index contributed by atoms with van der Waals surface area (Å²) >= 11 is 1.29. The van der Waals surface area contributed by atoms with Gasteiger partial charge < -0.3 is 19.2 Å². The standard InChI is InChI=1S/C33H29N3O5S/c1-5-41-32(38)28-19(2)34-33-36(30(28)21-15-16-25(39-3)26(17-21)40-4)31(37)27(42-33)18-23-22-13-9-10-14-24(22)35-29(23)20-11-7-6-8-12-20/h6-18,30,35H,5H2,1-4H3/b27-18-/t30-/m0/s1. The van der Waals surface area contributed by atoms with Crippen molar-refractivity contribution in [3.05, 3.63) is 115 Å². The Labute approximate surface area is 245 Å². The quantitative estimate of drug-likeness (QED) is 0.275. The molecule has 0 aliphatic carbocycles. The van der Waals surface area contributed by atoms with Gasteiger partial charge in [0.1, 0.15) is 0 Å². The molecule has 1 aliphatic heterocycles. The molecule has 0 spiro atoms. The van der Waals surface area contributed by atoms with Crippen LogP contribution in [0, 0.1) is 0 Å². The Morgan fingerprint density at radius 3 is 2.50 bits per heavy atom. The van der Waals surface area contributed by atoms with Gasteiger partial charge in [-0.05, 0) is 49.2 Å². The van der Waals surface area contributed by atoms with Gasteiger partial charge in [0.2, 0.25) is 0 Å². The first kappa shape index (κ1) is 27.3. The van der Waals surface area contributed by atoms with Gasteiger partial charge in [-0.2, -0.15) is 0 Å². The second kappa shape index (κ2) is 11.2. The van der Waals surface area contributed by atoms with Crippen LogP contribution in [0.3, 0.4) is 0 Å². The Hall–Kier alpha value is -4.89. The largest absolute Gasteiger partial charge is 0.493 e. The monoisotopic (exact) mass is 579 g/mol. The second-order valence-electron chi connectivity index (χ2n) is 9.74. The first-order valence-corrected chi connectivity index (χ1v) is 14.3. The number of nitrogens with zero attached hydrogens (tertiary/aromatic N) is 2. The first-order chi connectivity index (χ1) is 20.4. The SMILES string of the molecule is CCOC(=O)C1=C(C)N=c2s/c(=C\c3c(-c4ccccc4)[nH]c4ccccc34)c(=O)n2[C@H]1c1ccc(OC)c(OC)c1. The molecule has 2 aromatic heterocycles. The molecule has 3 aromatic carbocycles. The molecule has 0 fully saturated rings. The molecule has 8 nitrogen and oxygen atoms in total. The maximum Gasteiger partial charge on any atom is 0.338 e. The lowest BCUT2D eigenvalue weighted by Crippen LogP contribution is -2.40. The summed E-state index contributed by atoms with van der Waals surface area (Å²) in [5.74, 6) is 0.511. The number of rotatable bonds is 7. The number of hydrogen-bond donors (Lipinski definition) is 1. The van der Waals surface area contributed by atoms with Crippen LogP contribution in [0.15, 0.2) is 93.9 Å². The van der Waals surface area contributed by atoms with Crippen LogP contribution in [0.2, 0.25) is 0 Å². The Morgan fingerprint density at radius 1 is 1.02 bits per heavy atom. The number of aromatic nitrogens is 2. The predicted molar refractivity (Wildman–Crippen MR) is 164 cm³/mol. The molecule has 0 saturated heterocycles. The third kappa shape index (κ3) is 4.61. The molecule has 1 atom stereocenters. The van der Waals surface area contributed by atoms with Crippen molar-refractivity contribution in [2.45, 2.75) is 19.9 Å². The number of para-hydroxylation sites is 1. The molecule has 9 heteroatoms. The van der Waals surface area contributed by atoms with E-state index < -0.39 is 12.0 Å². The average Bonchev–Trinajstić information content (AvgIpc) is 3.53. The molecular formula is C33H29N3O5S. The van der Waals surface area contributed by atoms with Crippen molar-refractivity contribution in [2.24, 2.45) is 4.99 Å². The van der Waals surface area contributed by atoms with Gasteiger partial charge in [0, 0.05) is 16.5 Å². The molecule has 212 valence electrons. The summed E-state index contributed by atoms with van der Waals surface area (Å²) in [4.78, 5) is 36.3. The highest BCUT2D eigenvalue weighted by atomic mass is 32.1. The van der Waals surface area contributed by atoms with Gasteiger partial charge in [-0.1, -0.05) is 65.9 Å². The van der Waals surface area contributed by atoms with E-state index in [1.807, 2.05) is 66.7 Å².